The highest BCUT2D eigenvalue weighted by Gasteiger charge is 2.26. The maximum atomic E-state index is 12.3. The number of phenols is 1. The third kappa shape index (κ3) is 25.9. The molecule has 7 aromatic carbocycles. The zero-order valence-electron chi connectivity index (χ0n) is 51.1. The number of carboxylic acid groups (broad SMARTS) is 4. The first kappa shape index (κ1) is 72.9. The number of ketones is 4. The molecule has 480 valence electrons. The molecule has 92 heavy (non-hydrogen) atoms. The van der Waals surface area contributed by atoms with E-state index < -0.39 is 47.5 Å². The fourth-order valence-electron chi connectivity index (χ4n) is 10.0. The third-order valence-electron chi connectivity index (χ3n) is 15.1. The summed E-state index contributed by atoms with van der Waals surface area (Å²) >= 11 is 3.33. The highest BCUT2D eigenvalue weighted by atomic mass is 79.9. The van der Waals surface area contributed by atoms with Crippen LogP contribution >= 0.6 is 15.9 Å². The van der Waals surface area contributed by atoms with Gasteiger partial charge in [-0.25, -0.2) is 4.98 Å². The van der Waals surface area contributed by atoms with Gasteiger partial charge in [-0.05, 0) is 109 Å². The van der Waals surface area contributed by atoms with Crippen LogP contribution in [-0.4, -0.2) is 87.5 Å². The number of H-pyrrole nitrogens is 2. The number of Topliss-reactive ketones (excluding diaryl/α,β-unsaturated/α-hetero) is 4. The minimum Gasteiger partial charge on any atom is -0.508 e. The normalized spacial score (nSPS) is 11.9. The predicted octanol–water partition coefficient (Wildman–Crippen LogP) is 13.8. The number of aromatic hydroxyl groups is 1. The van der Waals surface area contributed by atoms with Gasteiger partial charge >= 0.3 is 23.9 Å². The number of fused-ring (bicyclic) bond motifs is 1. The lowest BCUT2D eigenvalue weighted by atomic mass is 9.92. The number of para-hydroxylation sites is 1. The molecule has 2 heterocycles. The number of imidazole rings is 1. The second-order valence-electron chi connectivity index (χ2n) is 22.8. The molecular formula is C75H80BrN3O13. The van der Waals surface area contributed by atoms with Crippen molar-refractivity contribution in [2.24, 2.45) is 23.7 Å². The number of nitrogens with one attached hydrogen (secondary N) is 2. The van der Waals surface area contributed by atoms with E-state index in [1.54, 1.807) is 18.3 Å². The molecule has 0 fully saturated rings. The molecular weight excluding hydrogens is 1230 g/mol. The van der Waals surface area contributed by atoms with Crippen LogP contribution in [0.5, 0.6) is 5.75 Å². The van der Waals surface area contributed by atoms with E-state index in [0.29, 0.717) is 19.3 Å². The Hall–Kier alpha value is -9.87. The summed E-state index contributed by atoms with van der Waals surface area (Å²) in [6.45, 7) is 5.97. The predicted molar refractivity (Wildman–Crippen MR) is 358 cm³/mol. The molecule has 0 saturated carbocycles. The lowest BCUT2D eigenvalue weighted by molar-refractivity contribution is -0.144. The van der Waals surface area contributed by atoms with Crippen molar-refractivity contribution in [2.45, 2.75) is 105 Å². The van der Waals surface area contributed by atoms with Crippen molar-refractivity contribution in [3.8, 4) is 5.75 Å². The molecule has 17 heteroatoms. The maximum Gasteiger partial charge on any atom is 0.307 e. The molecule has 9 aromatic rings. The quantitative estimate of drug-likeness (QED) is 0.0240. The minimum atomic E-state index is -0.984. The van der Waals surface area contributed by atoms with Gasteiger partial charge in [0, 0.05) is 91.3 Å². The summed E-state index contributed by atoms with van der Waals surface area (Å²) in [5, 5.41) is 47.7. The number of halogens is 1. The van der Waals surface area contributed by atoms with Crippen LogP contribution in [0, 0.1) is 44.4 Å². The number of rotatable bonds is 28. The number of phenolic OH excluding ortho intramolecular Hbond substituents is 1. The lowest BCUT2D eigenvalue weighted by Crippen LogP contribution is -2.21. The SMILES string of the molecule is C.Cc1ccc(CC(=O)CC(Cc2c[nH]c3ccccc23)C(=O)O)cc1.Cc1ccc(CC(=O)CC(Cc2ccccc2)C(=O)O)cc1.Cc1ccc(CC(=O)CC(Cc2cnc[nH]2)C(=O)O)cc1.O=C(Cc1ccc(Br)cc1)CC(Cc1ccc(O)cc1)C(=O)O. The zero-order chi connectivity index (χ0) is 65.8. The van der Waals surface area contributed by atoms with Crippen LogP contribution in [0.2, 0.25) is 0 Å². The van der Waals surface area contributed by atoms with Crippen molar-refractivity contribution in [3.05, 3.63) is 260 Å². The summed E-state index contributed by atoms with van der Waals surface area (Å²) in [5.41, 5.74) is 11.4. The summed E-state index contributed by atoms with van der Waals surface area (Å²) in [6.07, 6.45) is 7.41. The van der Waals surface area contributed by atoms with Gasteiger partial charge in [0.25, 0.3) is 0 Å². The van der Waals surface area contributed by atoms with Gasteiger partial charge in [-0.15, -0.1) is 0 Å². The first-order valence-electron chi connectivity index (χ1n) is 29.8. The van der Waals surface area contributed by atoms with Crippen molar-refractivity contribution < 1.29 is 63.9 Å². The van der Waals surface area contributed by atoms with Crippen molar-refractivity contribution in [1.82, 2.24) is 15.0 Å². The van der Waals surface area contributed by atoms with E-state index in [2.05, 4.69) is 30.9 Å². The first-order chi connectivity index (χ1) is 43.5. The monoisotopic (exact) mass is 1310 g/mol. The van der Waals surface area contributed by atoms with E-state index in [-0.39, 0.29) is 94.1 Å². The molecule has 16 nitrogen and oxygen atoms in total. The smallest absolute Gasteiger partial charge is 0.307 e. The summed E-state index contributed by atoms with van der Waals surface area (Å²) in [6, 6.07) is 54.2. The first-order valence-corrected chi connectivity index (χ1v) is 30.6. The van der Waals surface area contributed by atoms with Gasteiger partial charge in [-0.3, -0.25) is 38.4 Å². The van der Waals surface area contributed by atoms with Crippen LogP contribution < -0.4 is 0 Å². The number of carboxylic acids is 4. The number of hydrogen-bond acceptors (Lipinski definition) is 10. The number of aromatic amines is 2. The molecule has 0 aliphatic rings. The molecule has 0 aliphatic heterocycles. The Kier molecular flexibility index (Phi) is 29.6. The molecule has 0 saturated heterocycles. The molecule has 9 rings (SSSR count). The molecule has 4 atom stereocenters. The molecule has 0 spiro atoms. The number of nitrogens with zero attached hydrogens (tertiary/aromatic N) is 1. The number of carbonyl (C=O) groups excluding carboxylic acids is 4. The highest BCUT2D eigenvalue weighted by molar-refractivity contribution is 9.10. The number of benzene rings is 7. The van der Waals surface area contributed by atoms with Gasteiger partial charge in [0.2, 0.25) is 0 Å². The Bertz CT molecular complexity index is 3810. The molecule has 0 amide bonds. The van der Waals surface area contributed by atoms with Gasteiger partial charge in [-0.1, -0.05) is 186 Å². The Morgan fingerprint density at radius 1 is 0.413 bits per heavy atom. The zero-order valence-corrected chi connectivity index (χ0v) is 52.7. The van der Waals surface area contributed by atoms with Gasteiger partial charge < -0.3 is 35.5 Å². The van der Waals surface area contributed by atoms with E-state index in [1.165, 1.54) is 18.5 Å². The molecule has 0 radical (unpaired) electrons. The third-order valence-corrected chi connectivity index (χ3v) is 15.6. The average molecular weight is 1310 g/mol. The fourth-order valence-corrected chi connectivity index (χ4v) is 10.3. The van der Waals surface area contributed by atoms with E-state index in [1.807, 2.05) is 179 Å². The molecule has 4 unspecified atom stereocenters. The summed E-state index contributed by atoms with van der Waals surface area (Å²) in [7, 11) is 0. The van der Waals surface area contributed by atoms with Gasteiger partial charge in [0.15, 0.2) is 0 Å². The van der Waals surface area contributed by atoms with Crippen molar-refractivity contribution >= 4 is 73.8 Å². The van der Waals surface area contributed by atoms with Crippen LogP contribution in [0.4, 0.5) is 0 Å². The summed E-state index contributed by atoms with van der Waals surface area (Å²) in [4.78, 5) is 104. The van der Waals surface area contributed by atoms with Crippen molar-refractivity contribution in [2.75, 3.05) is 0 Å². The van der Waals surface area contributed by atoms with Crippen LogP contribution in [0.3, 0.4) is 0 Å². The molecule has 0 aliphatic carbocycles. The number of aromatic nitrogens is 3. The number of aryl methyl sites for hydroxylation is 3. The summed E-state index contributed by atoms with van der Waals surface area (Å²) in [5.74, 6) is -6.75. The largest absolute Gasteiger partial charge is 0.508 e. The van der Waals surface area contributed by atoms with Gasteiger partial charge in [0.1, 0.15) is 28.9 Å². The Morgan fingerprint density at radius 2 is 0.761 bits per heavy atom. The van der Waals surface area contributed by atoms with E-state index >= 15 is 0 Å². The van der Waals surface area contributed by atoms with Crippen molar-refractivity contribution in [1.29, 1.82) is 0 Å². The Morgan fingerprint density at radius 3 is 1.15 bits per heavy atom. The second-order valence-corrected chi connectivity index (χ2v) is 23.7. The number of hydrogen-bond donors (Lipinski definition) is 7. The Balaban J connectivity index is 0.000000222. The van der Waals surface area contributed by atoms with E-state index in [9.17, 15) is 63.9 Å². The molecule has 2 aromatic heterocycles. The van der Waals surface area contributed by atoms with Crippen LogP contribution in [-0.2, 0) is 89.7 Å². The fraction of sp³-hybridized carbons (Fsp3) is 0.267. The van der Waals surface area contributed by atoms with E-state index in [4.69, 9.17) is 0 Å². The Labute approximate surface area is 545 Å². The summed E-state index contributed by atoms with van der Waals surface area (Å²) < 4.78 is 0.935. The second kappa shape index (κ2) is 37.3. The molecule has 0 bridgehead atoms. The topological polar surface area (TPSA) is 282 Å². The molecule has 7 N–H and O–H groups in total. The van der Waals surface area contributed by atoms with Gasteiger partial charge in [0.05, 0.1) is 30.0 Å². The van der Waals surface area contributed by atoms with E-state index in [0.717, 1.165) is 76.7 Å². The van der Waals surface area contributed by atoms with Crippen molar-refractivity contribution in [3.63, 3.8) is 0 Å². The van der Waals surface area contributed by atoms with Crippen LogP contribution in [0.15, 0.2) is 199 Å². The minimum absolute atomic E-state index is 0. The highest BCUT2D eigenvalue weighted by Crippen LogP contribution is 2.24. The number of aliphatic carboxylic acids is 4. The maximum absolute atomic E-state index is 12.3. The van der Waals surface area contributed by atoms with Crippen LogP contribution in [0.1, 0.15) is 94.4 Å². The van der Waals surface area contributed by atoms with Gasteiger partial charge in [-0.2, -0.15) is 0 Å². The van der Waals surface area contributed by atoms with Crippen LogP contribution in [0.25, 0.3) is 10.9 Å². The lowest BCUT2D eigenvalue weighted by Gasteiger charge is -2.12. The average Bonchev–Trinajstić information content (AvgIpc) is 1.96. The standard InChI is InChI=1S/C21H21NO3.C19H20O3.C18H17BrO4.C16H18N2O3.CH4/c1-14-6-8-15(9-7-14)10-18(23)12-16(21(24)25)11-17-13-22-20-5-3-2-4-19(17)20;1-14-7-9-16(10-8-14)12-18(20)13-17(19(21)22)11-15-5-3-2-4-6-15;19-15-5-1-13(2-6-15)10-17(21)11-14(18(22)23)9-12-3-7-16(20)8-4-12;1-11-2-4-12(5-3-11)6-15(19)8-13(16(20)21)7-14-9-17-10-18-14;/h2-9,13,16,22H,10-12H2,1H3,(H,24,25);2-10,17H,11-13H2,1H3,(H,21,22);1-8,14,20H,9-11H2,(H,22,23);2-5,9-10,13H,6-8H2,1H3,(H,17,18)(H,20,21);1H4. The number of carbonyl (C=O) groups is 8.